The molecule has 0 unspecified atom stereocenters. The van der Waals surface area contributed by atoms with Crippen LogP contribution in [0.15, 0.2) is 42.5 Å². The Kier molecular flexibility index (Phi) is 7.77. The molecule has 3 aliphatic rings. The highest BCUT2D eigenvalue weighted by molar-refractivity contribution is 7.85. The van der Waals surface area contributed by atoms with Crippen LogP contribution in [0.1, 0.15) is 65.5 Å². The number of carboxylic acids is 1. The Morgan fingerprint density at radius 1 is 1.05 bits per heavy atom. The Hall–Kier alpha value is -3.39. The molecule has 1 fully saturated rings. The summed E-state index contributed by atoms with van der Waals surface area (Å²) in [5.74, 6) is 2.72. The summed E-state index contributed by atoms with van der Waals surface area (Å²) in [6.45, 7) is 5.11. The zero-order valence-corrected chi connectivity index (χ0v) is 24.2. The van der Waals surface area contributed by atoms with Gasteiger partial charge in [-0.05, 0) is 97.5 Å². The monoisotopic (exact) mass is 578 g/mol. The van der Waals surface area contributed by atoms with Crippen LogP contribution in [-0.2, 0) is 22.0 Å². The highest BCUT2D eigenvalue weighted by Gasteiger charge is 2.32. The molecule has 1 aliphatic carbocycles. The van der Waals surface area contributed by atoms with Gasteiger partial charge in [-0.1, -0.05) is 12.1 Å². The van der Waals surface area contributed by atoms with Crippen molar-refractivity contribution in [1.29, 1.82) is 0 Å². The lowest BCUT2D eigenvalue weighted by Crippen LogP contribution is -2.23. The minimum Gasteiger partial charge on any atom is -0.493 e. The zero-order valence-electron chi connectivity index (χ0n) is 23.4. The van der Waals surface area contributed by atoms with Gasteiger partial charge in [-0.25, -0.2) is 4.39 Å². The highest BCUT2D eigenvalue weighted by atomic mass is 32.2. The molecular weight excluding hydrogens is 543 g/mol. The Morgan fingerprint density at radius 2 is 1.80 bits per heavy atom. The van der Waals surface area contributed by atoms with E-state index in [0.717, 1.165) is 63.5 Å². The molecule has 3 aromatic rings. The molecule has 6 nitrogen and oxygen atoms in total. The van der Waals surface area contributed by atoms with Crippen LogP contribution in [0, 0.1) is 25.6 Å². The Bertz CT molecular complexity index is 1480. The Morgan fingerprint density at radius 3 is 2.54 bits per heavy atom. The number of hydrogen-bond acceptors (Lipinski definition) is 5. The summed E-state index contributed by atoms with van der Waals surface area (Å²) >= 11 is 0. The normalized spacial score (nSPS) is 23.0. The van der Waals surface area contributed by atoms with E-state index in [4.69, 9.17) is 19.3 Å². The van der Waals surface area contributed by atoms with Crippen LogP contribution >= 0.6 is 0 Å². The number of carbonyl (C=O) groups is 1. The zero-order chi connectivity index (χ0) is 28.7. The quantitative estimate of drug-likeness (QED) is 0.322. The maximum absolute atomic E-state index is 15.3. The third kappa shape index (κ3) is 5.71. The first kappa shape index (κ1) is 27.8. The fourth-order valence-electron chi connectivity index (χ4n) is 6.56. The maximum atomic E-state index is 15.3. The fourth-order valence-corrected chi connectivity index (χ4v) is 7.95. The minimum absolute atomic E-state index is 0.0207. The molecule has 1 N–H and O–H groups in total. The Labute approximate surface area is 242 Å². The number of carboxylic acid groups (broad SMARTS) is 1. The molecule has 6 rings (SSSR count). The summed E-state index contributed by atoms with van der Waals surface area (Å²) in [5.41, 5.74) is 6.72. The van der Waals surface area contributed by atoms with Gasteiger partial charge in [-0.3, -0.25) is 9.00 Å². The van der Waals surface area contributed by atoms with Crippen LogP contribution in [0.2, 0.25) is 0 Å². The number of fused-ring (bicyclic) bond motifs is 2. The van der Waals surface area contributed by atoms with Gasteiger partial charge in [0.15, 0.2) is 0 Å². The first-order chi connectivity index (χ1) is 19.8. The number of aryl methyl sites for hydroxylation is 2. The number of rotatable bonds is 8. The predicted molar refractivity (Wildman–Crippen MR) is 156 cm³/mol. The molecule has 8 heteroatoms. The maximum Gasteiger partial charge on any atom is 0.304 e. The van der Waals surface area contributed by atoms with Gasteiger partial charge in [0.25, 0.3) is 0 Å². The summed E-state index contributed by atoms with van der Waals surface area (Å²) in [6.07, 6.45) is 2.85. The van der Waals surface area contributed by atoms with Crippen molar-refractivity contribution >= 4 is 16.8 Å². The first-order valence-electron chi connectivity index (χ1n) is 14.3. The second-order valence-corrected chi connectivity index (χ2v) is 13.2. The van der Waals surface area contributed by atoms with Crippen molar-refractivity contribution < 1.29 is 32.7 Å². The van der Waals surface area contributed by atoms with Crippen LogP contribution in [0.25, 0.3) is 11.1 Å². The van der Waals surface area contributed by atoms with Crippen molar-refractivity contribution in [2.24, 2.45) is 5.92 Å². The van der Waals surface area contributed by atoms with Gasteiger partial charge >= 0.3 is 5.97 Å². The highest BCUT2D eigenvalue weighted by Crippen LogP contribution is 2.45. The lowest BCUT2D eigenvalue weighted by molar-refractivity contribution is -0.137. The van der Waals surface area contributed by atoms with Gasteiger partial charge in [0.2, 0.25) is 0 Å². The molecule has 3 aromatic carbocycles. The first-order valence-corrected chi connectivity index (χ1v) is 15.8. The molecule has 0 amide bonds. The van der Waals surface area contributed by atoms with Gasteiger partial charge in [0.05, 0.1) is 19.6 Å². The van der Waals surface area contributed by atoms with E-state index in [9.17, 15) is 9.00 Å². The number of ether oxygens (including phenoxy) is 3. The molecule has 0 radical (unpaired) electrons. The molecule has 0 bridgehead atoms. The van der Waals surface area contributed by atoms with E-state index in [-0.39, 0.29) is 18.2 Å². The topological polar surface area (TPSA) is 82.1 Å². The molecule has 41 heavy (non-hydrogen) atoms. The Balaban J connectivity index is 1.21. The average molecular weight is 579 g/mol. The van der Waals surface area contributed by atoms with E-state index in [1.807, 2.05) is 18.2 Å². The minimum atomic E-state index is -0.854. The van der Waals surface area contributed by atoms with Crippen molar-refractivity contribution in [2.45, 2.75) is 58.0 Å². The van der Waals surface area contributed by atoms with Gasteiger partial charge in [-0.15, -0.1) is 0 Å². The molecule has 0 aromatic heterocycles. The standard InChI is InChI=1S/C33H35FO6S/c1-19-13-24(38-17-21-9-11-41(37)12-10-21)14-20(2)32(19)26-5-7-28(34)33-27(26)6-8-29(33)40-23-3-4-25-22(15-31(35)36)18-39-30(25)16-23/h3-5,7,13-14,16,21-22,29H,6,8-12,15,17-18H2,1-2H3,(H,35,36)/t21?,22-,29-,41?/m1/s1. The summed E-state index contributed by atoms with van der Waals surface area (Å²) in [4.78, 5) is 11.2. The van der Waals surface area contributed by atoms with E-state index in [1.54, 1.807) is 6.07 Å². The van der Waals surface area contributed by atoms with Crippen molar-refractivity contribution in [3.63, 3.8) is 0 Å². The molecule has 0 spiro atoms. The van der Waals surface area contributed by atoms with Gasteiger partial charge in [-0.2, -0.15) is 0 Å². The molecule has 0 saturated carbocycles. The predicted octanol–water partition coefficient (Wildman–Crippen LogP) is 6.66. The molecule has 216 valence electrons. The largest absolute Gasteiger partial charge is 0.493 e. The van der Waals surface area contributed by atoms with E-state index < -0.39 is 22.9 Å². The smallest absolute Gasteiger partial charge is 0.304 e. The van der Waals surface area contributed by atoms with Crippen LogP contribution in [0.4, 0.5) is 4.39 Å². The third-order valence-electron chi connectivity index (χ3n) is 8.62. The summed E-state index contributed by atoms with van der Waals surface area (Å²) in [6, 6.07) is 13.0. The van der Waals surface area contributed by atoms with E-state index >= 15 is 4.39 Å². The van der Waals surface area contributed by atoms with Gasteiger partial charge < -0.3 is 19.3 Å². The van der Waals surface area contributed by atoms with E-state index in [1.165, 1.54) is 6.07 Å². The number of benzene rings is 3. The molecule has 2 aliphatic heterocycles. The number of hydrogen-bond donors (Lipinski definition) is 1. The lowest BCUT2D eigenvalue weighted by Gasteiger charge is -2.22. The van der Waals surface area contributed by atoms with Crippen molar-refractivity contribution in [3.8, 4) is 28.4 Å². The summed E-state index contributed by atoms with van der Waals surface area (Å²) in [7, 11) is -0.675. The summed E-state index contributed by atoms with van der Waals surface area (Å²) in [5, 5.41) is 9.17. The second-order valence-electron chi connectivity index (χ2n) is 11.5. The molecule has 2 heterocycles. The van der Waals surface area contributed by atoms with E-state index in [2.05, 4.69) is 26.0 Å². The second kappa shape index (κ2) is 11.5. The summed E-state index contributed by atoms with van der Waals surface area (Å²) < 4.78 is 45.2. The van der Waals surface area contributed by atoms with Crippen molar-refractivity contribution in [2.75, 3.05) is 24.7 Å². The lowest BCUT2D eigenvalue weighted by atomic mass is 9.90. The van der Waals surface area contributed by atoms with E-state index in [0.29, 0.717) is 49.0 Å². The van der Waals surface area contributed by atoms with Crippen LogP contribution in [0.5, 0.6) is 17.2 Å². The van der Waals surface area contributed by atoms with Gasteiger partial charge in [0.1, 0.15) is 29.2 Å². The van der Waals surface area contributed by atoms with Crippen LogP contribution in [-0.4, -0.2) is 40.0 Å². The molecular formula is C33H35FO6S. The fraction of sp³-hybridized carbons (Fsp3) is 0.424. The van der Waals surface area contributed by atoms with Gasteiger partial charge in [0, 0.05) is 45.4 Å². The number of aliphatic carboxylic acids is 1. The SMILES string of the molecule is Cc1cc(OCC2CCS(=O)CC2)cc(C)c1-c1ccc(F)c2c1CC[C@H]2Oc1ccc2c(c1)OC[C@H]2CC(=O)O. The van der Waals surface area contributed by atoms with Crippen molar-refractivity contribution in [3.05, 3.63) is 76.1 Å². The van der Waals surface area contributed by atoms with Crippen molar-refractivity contribution in [1.82, 2.24) is 0 Å². The third-order valence-corrected chi connectivity index (χ3v) is 10.00. The van der Waals surface area contributed by atoms with Crippen LogP contribution < -0.4 is 14.2 Å². The molecule has 2 atom stereocenters. The van der Waals surface area contributed by atoms with Crippen LogP contribution in [0.3, 0.4) is 0 Å². The molecule has 1 saturated heterocycles. The number of halogens is 1. The average Bonchev–Trinajstić information content (AvgIpc) is 3.53.